The Morgan fingerprint density at radius 2 is 1.58 bits per heavy atom. The average molecular weight is 792 g/mol. The molecule has 0 bridgehead atoms. The summed E-state index contributed by atoms with van der Waals surface area (Å²) in [6, 6.07) is 14.7. The van der Waals surface area contributed by atoms with Crippen LogP contribution in [0, 0.1) is 16.7 Å². The Balaban J connectivity index is 1.34. The number of fused-ring (bicyclic) bond motifs is 5. The maximum atomic E-state index is 14.8. The van der Waals surface area contributed by atoms with Crippen molar-refractivity contribution >= 4 is 29.8 Å². The van der Waals surface area contributed by atoms with Crippen molar-refractivity contribution in [2.24, 2.45) is 16.7 Å². The van der Waals surface area contributed by atoms with E-state index in [4.69, 9.17) is 23.7 Å². The van der Waals surface area contributed by atoms with E-state index in [2.05, 4.69) is 5.32 Å². The number of rotatable bonds is 8. The molecule has 0 aromatic heterocycles. The third kappa shape index (κ3) is 5.68. The first kappa shape index (κ1) is 40.5. The molecule has 0 spiro atoms. The topological polar surface area (TPSA) is 224 Å². The van der Waals surface area contributed by atoms with E-state index < -0.39 is 112 Å². The van der Waals surface area contributed by atoms with Gasteiger partial charge < -0.3 is 49.4 Å². The summed E-state index contributed by atoms with van der Waals surface area (Å²) < 4.78 is 29.7. The van der Waals surface area contributed by atoms with Crippen LogP contribution < -0.4 is 5.32 Å². The van der Waals surface area contributed by atoms with E-state index in [1.54, 1.807) is 69.3 Å². The van der Waals surface area contributed by atoms with E-state index in [0.29, 0.717) is 5.56 Å². The van der Waals surface area contributed by atoms with Gasteiger partial charge in [-0.2, -0.15) is 0 Å². The second-order valence-corrected chi connectivity index (χ2v) is 17.3. The van der Waals surface area contributed by atoms with Crippen molar-refractivity contribution in [3.63, 3.8) is 0 Å². The molecule has 5 aliphatic rings. The maximum Gasteiger partial charge on any atom is 0.408 e. The number of alkyl carbamates (subject to hydrolysis) is 1. The van der Waals surface area contributed by atoms with Crippen LogP contribution in [0.3, 0.4) is 0 Å². The molecule has 57 heavy (non-hydrogen) atoms. The van der Waals surface area contributed by atoms with Gasteiger partial charge in [0.15, 0.2) is 23.1 Å². The van der Waals surface area contributed by atoms with Gasteiger partial charge >= 0.3 is 24.0 Å². The Bertz CT molecular complexity index is 2030. The van der Waals surface area contributed by atoms with Gasteiger partial charge in [-0.25, -0.2) is 14.4 Å². The summed E-state index contributed by atoms with van der Waals surface area (Å²) >= 11 is 0. The van der Waals surface area contributed by atoms with Crippen LogP contribution in [0.1, 0.15) is 83.3 Å². The zero-order valence-electron chi connectivity index (χ0n) is 32.8. The molecule has 7 rings (SSSR count). The molecule has 306 valence electrons. The SMILES string of the molecule is CC(=O)O[C@@]12CO[C@@H]1C[C@H](O)[C@@]1(C)C(=O)[C@H](O)C3=C(C)[C@@H](OC(=O)[C@H](O)[C@@H](NC(=O)OC(C)(C)C)c4ccccc4)C[C@]4(O)[C@@]3(C)[C@@]4(OC(=O)c3ccccc3)C12. The van der Waals surface area contributed by atoms with Gasteiger partial charge in [0.25, 0.3) is 0 Å². The van der Waals surface area contributed by atoms with Crippen molar-refractivity contribution in [1.82, 2.24) is 5.32 Å². The van der Waals surface area contributed by atoms with Crippen LogP contribution in [0.25, 0.3) is 0 Å². The van der Waals surface area contributed by atoms with Crippen LogP contribution in [0.2, 0.25) is 0 Å². The fourth-order valence-electron chi connectivity index (χ4n) is 10.5. The number of benzene rings is 2. The van der Waals surface area contributed by atoms with Crippen LogP contribution in [0.15, 0.2) is 71.8 Å². The number of amides is 1. The number of ether oxygens (including phenoxy) is 5. The summed E-state index contributed by atoms with van der Waals surface area (Å²) in [4.78, 5) is 68.8. The maximum absolute atomic E-state index is 14.8. The quantitative estimate of drug-likeness (QED) is 0.147. The molecule has 1 heterocycles. The molecule has 4 fully saturated rings. The predicted octanol–water partition coefficient (Wildman–Crippen LogP) is 2.62. The van der Waals surface area contributed by atoms with Gasteiger partial charge in [-0.1, -0.05) is 48.5 Å². The lowest BCUT2D eigenvalue weighted by molar-refractivity contribution is -0.337. The first-order valence-corrected chi connectivity index (χ1v) is 19.0. The van der Waals surface area contributed by atoms with Crippen molar-refractivity contribution in [2.75, 3.05) is 6.61 Å². The molecular formula is C42H49NO14. The first-order chi connectivity index (χ1) is 26.6. The molecule has 15 nitrogen and oxygen atoms in total. The molecule has 3 saturated carbocycles. The number of nitrogens with one attached hydrogen (secondary N) is 1. The third-order valence-corrected chi connectivity index (χ3v) is 13.0. The van der Waals surface area contributed by atoms with Crippen LogP contribution in [0.5, 0.6) is 0 Å². The van der Waals surface area contributed by atoms with E-state index in [9.17, 15) is 44.4 Å². The summed E-state index contributed by atoms with van der Waals surface area (Å²) in [5.41, 5.74) is -10.4. The largest absolute Gasteiger partial charge is 0.456 e. The zero-order chi connectivity index (χ0) is 41.7. The smallest absolute Gasteiger partial charge is 0.408 e. The molecule has 4 aliphatic carbocycles. The molecule has 2 aromatic rings. The Morgan fingerprint density at radius 3 is 2.14 bits per heavy atom. The van der Waals surface area contributed by atoms with E-state index >= 15 is 0 Å². The lowest BCUT2D eigenvalue weighted by atomic mass is 9.51. The van der Waals surface area contributed by atoms with Crippen LogP contribution in [0.4, 0.5) is 4.79 Å². The minimum atomic E-state index is -2.25. The van der Waals surface area contributed by atoms with Gasteiger partial charge in [-0.05, 0) is 70.4 Å². The predicted molar refractivity (Wildman–Crippen MR) is 197 cm³/mol. The van der Waals surface area contributed by atoms with Crippen molar-refractivity contribution in [3.05, 3.63) is 82.9 Å². The Kier molecular flexibility index (Phi) is 9.56. The van der Waals surface area contributed by atoms with Gasteiger partial charge in [-0.3, -0.25) is 9.59 Å². The Morgan fingerprint density at radius 1 is 0.965 bits per heavy atom. The number of Topliss-reactive ketones (excluding diaryl/α,β-unsaturated/α-hetero) is 1. The van der Waals surface area contributed by atoms with Crippen molar-refractivity contribution in [1.29, 1.82) is 0 Å². The number of carbonyl (C=O) groups excluding carboxylic acids is 5. The van der Waals surface area contributed by atoms with Crippen molar-refractivity contribution in [3.8, 4) is 0 Å². The lowest BCUT2D eigenvalue weighted by Crippen LogP contribution is -2.78. The molecule has 1 saturated heterocycles. The van der Waals surface area contributed by atoms with Crippen LogP contribution >= 0.6 is 0 Å². The Labute approximate surface area is 329 Å². The molecule has 1 amide bonds. The van der Waals surface area contributed by atoms with Crippen LogP contribution in [-0.4, -0.2) is 110 Å². The summed E-state index contributed by atoms with van der Waals surface area (Å²) in [5.74, 6) is -5.30. The number of aliphatic hydroxyl groups is 4. The van der Waals surface area contributed by atoms with Crippen molar-refractivity contribution in [2.45, 2.75) is 120 Å². The molecule has 15 heteroatoms. The van der Waals surface area contributed by atoms with Gasteiger partial charge in [-0.15, -0.1) is 0 Å². The fraction of sp³-hybridized carbons (Fsp3) is 0.548. The summed E-state index contributed by atoms with van der Waals surface area (Å²) in [5, 5.41) is 51.3. The number of hydrogen-bond donors (Lipinski definition) is 5. The summed E-state index contributed by atoms with van der Waals surface area (Å²) in [6.07, 6.45) is -9.59. The van der Waals surface area contributed by atoms with Gasteiger partial charge in [0.1, 0.15) is 29.5 Å². The highest BCUT2D eigenvalue weighted by molar-refractivity contribution is 5.96. The highest BCUT2D eigenvalue weighted by Gasteiger charge is 2.99. The van der Waals surface area contributed by atoms with Gasteiger partial charge in [0.2, 0.25) is 0 Å². The molecule has 0 radical (unpaired) electrons. The number of aliphatic hydroxyl groups excluding tert-OH is 3. The normalized spacial score (nSPS) is 37.4. The second-order valence-electron chi connectivity index (χ2n) is 17.3. The van der Waals surface area contributed by atoms with E-state index in [1.807, 2.05) is 0 Å². The molecule has 5 N–H and O–H groups in total. The second kappa shape index (κ2) is 13.4. The average Bonchev–Trinajstić information content (AvgIpc) is 3.57. The molecule has 1 unspecified atom stereocenters. The minimum Gasteiger partial charge on any atom is -0.456 e. The first-order valence-electron chi connectivity index (χ1n) is 19.0. The van der Waals surface area contributed by atoms with E-state index in [0.717, 1.165) is 6.92 Å². The van der Waals surface area contributed by atoms with E-state index in [-0.39, 0.29) is 29.7 Å². The highest BCUT2D eigenvalue weighted by atomic mass is 16.6. The highest BCUT2D eigenvalue weighted by Crippen LogP contribution is 2.84. The lowest BCUT2D eigenvalue weighted by Gasteiger charge is -2.63. The zero-order valence-corrected chi connectivity index (χ0v) is 32.8. The Hall–Kier alpha value is -4.67. The van der Waals surface area contributed by atoms with Crippen molar-refractivity contribution < 1.29 is 68.1 Å². The summed E-state index contributed by atoms with van der Waals surface area (Å²) in [7, 11) is 0. The minimum absolute atomic E-state index is 0.0812. The van der Waals surface area contributed by atoms with E-state index in [1.165, 1.54) is 32.9 Å². The van der Waals surface area contributed by atoms with Crippen LogP contribution in [-0.2, 0) is 38.1 Å². The molecule has 1 aliphatic heterocycles. The number of ketones is 1. The molecule has 2 aromatic carbocycles. The monoisotopic (exact) mass is 791 g/mol. The standard InChI is InChI=1S/C42H49NO14/c1-21-25(54-34(50)31(47)29(23-14-10-8-11-15-23)43-36(51)57-37(3,4)5)19-41(52)39(7)28(21)30(46)32(48)38(6)26(45)18-27-40(20-53-27,55-22(2)44)35(38)42(39,41)56-33(49)24-16-12-9-13-17-24/h8-17,25-27,29-31,35,45-47,52H,18-20H2,1-7H3,(H,43,51)/t25-,26-,27+,29-,30+,31+,35?,38-,39-,40-,41-,42-/m0/s1. The summed E-state index contributed by atoms with van der Waals surface area (Å²) in [6.45, 7) is 10.2. The van der Waals surface area contributed by atoms with Gasteiger partial charge in [0, 0.05) is 19.8 Å². The third-order valence-electron chi connectivity index (χ3n) is 13.0. The number of hydrogen-bond acceptors (Lipinski definition) is 14. The number of esters is 3. The number of carbonyl (C=O) groups is 5. The molecular weight excluding hydrogens is 742 g/mol. The van der Waals surface area contributed by atoms with Gasteiger partial charge in [0.05, 0.1) is 41.1 Å². The fourth-order valence-corrected chi connectivity index (χ4v) is 10.5. The molecule has 12 atom stereocenters.